The molecule has 0 N–H and O–H groups in total. The van der Waals surface area contributed by atoms with E-state index in [4.69, 9.17) is 13.7 Å². The zero-order valence-electron chi connectivity index (χ0n) is 40.5. The Morgan fingerprint density at radius 1 is 0.457 bits per heavy atom. The summed E-state index contributed by atoms with van der Waals surface area (Å²) in [4.78, 5) is 0. The lowest BCUT2D eigenvalue weighted by atomic mass is 9.86. The van der Waals surface area contributed by atoms with Gasteiger partial charge >= 0.3 is 0 Å². The third-order valence-corrected chi connectivity index (χ3v) is 8.36. The maximum Gasteiger partial charge on any atom is 0.0645 e. The van der Waals surface area contributed by atoms with Gasteiger partial charge in [-0.3, -0.25) is 0 Å². The number of nitrogens with zero attached hydrogens (tertiary/aromatic N) is 2. The molecular formula is C44H40N2. The van der Waals surface area contributed by atoms with E-state index in [1.807, 2.05) is 53.7 Å². The Balaban J connectivity index is 1.44. The quantitative estimate of drug-likeness (QED) is 0.188. The number of fused-ring (bicyclic) bond motifs is 6. The van der Waals surface area contributed by atoms with Crippen LogP contribution in [0.2, 0.25) is 0 Å². The molecule has 0 unspecified atom stereocenters. The monoisotopic (exact) mass is 610 g/mol. The topological polar surface area (TPSA) is 9.86 Å². The number of benzene rings is 6. The van der Waals surface area contributed by atoms with Crippen molar-refractivity contribution in [1.29, 1.82) is 0 Å². The van der Waals surface area contributed by atoms with E-state index in [0.29, 0.717) is 22.5 Å². The first-order valence-electron chi connectivity index (χ1n) is 22.2. The fraction of sp³-hybridized carbons (Fsp3) is 0.182. The van der Waals surface area contributed by atoms with Crippen molar-refractivity contribution in [2.75, 3.05) is 0 Å². The van der Waals surface area contributed by atoms with Crippen molar-refractivity contribution in [3.05, 3.63) is 144 Å². The molecule has 2 heterocycles. The molecule has 8 aromatic rings. The number of para-hydroxylation sites is 2. The predicted octanol–water partition coefficient (Wildman–Crippen LogP) is 12.1. The van der Waals surface area contributed by atoms with E-state index in [1.165, 1.54) is 9.13 Å². The SMILES string of the molecule is [2H]c1c([2H])c([2H])c2c(c1[2H])c1c([2H])c(C(C)(C)C)c([2H])c([2H])c1n2-c1cccc(-c2cccc(-n3c4c([2H])c([2H])c([2H])c([2H])c4c4c([2H])c(C(C)(C)C)c([2H])c([2H])c43)c2)c1. The largest absolute Gasteiger partial charge is 0.309 e. The highest BCUT2D eigenvalue weighted by atomic mass is 15.0. The van der Waals surface area contributed by atoms with Crippen LogP contribution in [-0.4, -0.2) is 9.13 Å². The molecule has 0 aliphatic heterocycles. The highest BCUT2D eigenvalue weighted by Gasteiger charge is 2.20. The third-order valence-electron chi connectivity index (χ3n) is 8.36. The van der Waals surface area contributed by atoms with E-state index in [-0.39, 0.29) is 115 Å². The molecule has 226 valence electrons. The van der Waals surface area contributed by atoms with Crippen LogP contribution in [0.25, 0.3) is 66.1 Å². The van der Waals surface area contributed by atoms with E-state index in [0.717, 1.165) is 0 Å². The average molecular weight is 611 g/mol. The molecule has 0 saturated carbocycles. The summed E-state index contributed by atoms with van der Waals surface area (Å²) < 4.78 is 129. The standard InChI is InChI=1S/C44H40N2/c1-43(2,3)31-21-23-41-37(27-31)35-17-7-9-19-39(35)45(41)33-15-11-13-29(25-33)30-14-12-16-34(26-30)46-40-20-10-8-18-36(40)38-28-32(44(4,5)6)22-24-42(38)46/h7-28H,1-6H3/i7D,8D,9D,10D,17D,18D,19D,20D,21D,22D,23D,24D,27D,28D. The smallest absolute Gasteiger partial charge is 0.0645 e. The van der Waals surface area contributed by atoms with Crippen LogP contribution in [0.1, 0.15) is 71.9 Å². The average Bonchev–Trinajstić information content (AvgIpc) is 3.74. The highest BCUT2D eigenvalue weighted by Crippen LogP contribution is 2.38. The Morgan fingerprint density at radius 2 is 0.848 bits per heavy atom. The van der Waals surface area contributed by atoms with Gasteiger partial charge < -0.3 is 9.13 Å². The van der Waals surface area contributed by atoms with Crippen molar-refractivity contribution in [2.45, 2.75) is 52.4 Å². The Bertz CT molecular complexity index is 3000. The number of hydrogen-bond donors (Lipinski definition) is 0. The van der Waals surface area contributed by atoms with E-state index in [1.54, 1.807) is 36.4 Å². The molecule has 0 bridgehead atoms. The lowest BCUT2D eigenvalue weighted by molar-refractivity contribution is 0.591. The second kappa shape index (κ2) is 10.2. The number of hydrogen-bond acceptors (Lipinski definition) is 0. The molecule has 2 nitrogen and oxygen atoms in total. The molecule has 0 aliphatic rings. The summed E-state index contributed by atoms with van der Waals surface area (Å²) in [6.07, 6.45) is 0. The summed E-state index contributed by atoms with van der Waals surface area (Å²) in [5.74, 6) is 0. The van der Waals surface area contributed by atoms with Gasteiger partial charge in [0.05, 0.1) is 41.3 Å². The van der Waals surface area contributed by atoms with Gasteiger partial charge in [-0.15, -0.1) is 0 Å². The van der Waals surface area contributed by atoms with Crippen molar-refractivity contribution in [3.8, 4) is 22.5 Å². The summed E-state index contributed by atoms with van der Waals surface area (Å²) in [6, 6.07) is 9.67. The summed E-state index contributed by atoms with van der Waals surface area (Å²) in [7, 11) is 0. The molecule has 8 rings (SSSR count). The first kappa shape index (κ1) is 17.0. The molecular weight excluding hydrogens is 556 g/mol. The van der Waals surface area contributed by atoms with Crippen LogP contribution in [0.15, 0.2) is 133 Å². The first-order chi connectivity index (χ1) is 27.9. The molecule has 0 saturated heterocycles. The van der Waals surface area contributed by atoms with Gasteiger partial charge in [-0.25, -0.2) is 0 Å². The van der Waals surface area contributed by atoms with Gasteiger partial charge in [0, 0.05) is 32.9 Å². The maximum atomic E-state index is 9.35. The molecule has 46 heavy (non-hydrogen) atoms. The van der Waals surface area contributed by atoms with Crippen LogP contribution in [0.5, 0.6) is 0 Å². The van der Waals surface area contributed by atoms with Gasteiger partial charge in [-0.2, -0.15) is 0 Å². The van der Waals surface area contributed by atoms with Gasteiger partial charge in [0.2, 0.25) is 0 Å². The molecule has 0 radical (unpaired) electrons. The summed E-state index contributed by atoms with van der Waals surface area (Å²) >= 11 is 0. The molecule has 0 aliphatic carbocycles. The van der Waals surface area contributed by atoms with Crippen molar-refractivity contribution < 1.29 is 19.2 Å². The van der Waals surface area contributed by atoms with Crippen LogP contribution in [0.3, 0.4) is 0 Å². The van der Waals surface area contributed by atoms with E-state index >= 15 is 0 Å². The molecule has 0 fully saturated rings. The Labute approximate surface area is 291 Å². The normalized spacial score (nSPS) is 16.8. The summed E-state index contributed by atoms with van der Waals surface area (Å²) in [6.45, 7) is 11.0. The molecule has 2 heteroatoms. The minimum absolute atomic E-state index is 0.0590. The number of rotatable bonds is 3. The van der Waals surface area contributed by atoms with Crippen LogP contribution in [0, 0.1) is 0 Å². The van der Waals surface area contributed by atoms with Gasteiger partial charge in [0.1, 0.15) is 0 Å². The zero-order chi connectivity index (χ0) is 44.0. The third kappa shape index (κ3) is 4.55. The minimum Gasteiger partial charge on any atom is -0.309 e. The number of aromatic nitrogens is 2. The summed E-state index contributed by atoms with van der Waals surface area (Å²) in [5, 5.41) is 0.447. The molecule has 0 atom stereocenters. The van der Waals surface area contributed by atoms with Crippen LogP contribution < -0.4 is 0 Å². The van der Waals surface area contributed by atoms with Crippen molar-refractivity contribution in [2.24, 2.45) is 0 Å². The van der Waals surface area contributed by atoms with Crippen LogP contribution in [0.4, 0.5) is 0 Å². The van der Waals surface area contributed by atoms with E-state index < -0.39 is 35.0 Å². The zero-order valence-corrected chi connectivity index (χ0v) is 26.5. The maximum absolute atomic E-state index is 9.35. The van der Waals surface area contributed by atoms with Crippen LogP contribution >= 0.6 is 0 Å². The van der Waals surface area contributed by atoms with Crippen LogP contribution in [-0.2, 0) is 10.8 Å². The summed E-state index contributed by atoms with van der Waals surface area (Å²) in [5.41, 5.74) is 1.42. The fourth-order valence-electron chi connectivity index (χ4n) is 5.94. The second-order valence-electron chi connectivity index (χ2n) is 13.7. The molecule has 0 spiro atoms. The first-order valence-corrected chi connectivity index (χ1v) is 15.2. The second-order valence-corrected chi connectivity index (χ2v) is 13.7. The van der Waals surface area contributed by atoms with Crippen molar-refractivity contribution >= 4 is 43.6 Å². The van der Waals surface area contributed by atoms with Crippen molar-refractivity contribution in [1.82, 2.24) is 9.13 Å². The lowest BCUT2D eigenvalue weighted by Gasteiger charge is -2.19. The Morgan fingerprint density at radius 3 is 1.26 bits per heavy atom. The van der Waals surface area contributed by atoms with E-state index in [2.05, 4.69) is 0 Å². The van der Waals surface area contributed by atoms with Crippen molar-refractivity contribution in [3.63, 3.8) is 0 Å². The minimum atomic E-state index is -0.728. The van der Waals surface area contributed by atoms with Gasteiger partial charge in [-0.05, 0) is 93.6 Å². The Kier molecular flexibility index (Phi) is 3.78. The molecule has 0 amide bonds. The Hall–Kier alpha value is -5.08. The molecule has 2 aromatic heterocycles. The van der Waals surface area contributed by atoms with Gasteiger partial charge in [0.15, 0.2) is 0 Å². The highest BCUT2D eigenvalue weighted by molar-refractivity contribution is 6.10. The van der Waals surface area contributed by atoms with Gasteiger partial charge in [0.25, 0.3) is 0 Å². The van der Waals surface area contributed by atoms with E-state index in [9.17, 15) is 5.48 Å². The molecule has 6 aromatic carbocycles. The van der Waals surface area contributed by atoms with Gasteiger partial charge in [-0.1, -0.05) is 114 Å². The predicted molar refractivity (Wildman–Crippen MR) is 198 cm³/mol. The fourth-order valence-corrected chi connectivity index (χ4v) is 5.94. The lowest BCUT2D eigenvalue weighted by Crippen LogP contribution is -2.10.